The number of likely N-dealkylation sites (tertiary alicyclic amines) is 1. The van der Waals surface area contributed by atoms with Gasteiger partial charge >= 0.3 is 5.97 Å². The Morgan fingerprint density at radius 3 is 2.64 bits per heavy atom. The highest BCUT2D eigenvalue weighted by Crippen LogP contribution is 2.59. The minimum atomic E-state index is -0.705. The van der Waals surface area contributed by atoms with Gasteiger partial charge in [-0.2, -0.15) is 0 Å². The number of piperidine rings is 1. The van der Waals surface area contributed by atoms with E-state index in [0.717, 1.165) is 29.8 Å². The molecule has 1 saturated heterocycles. The van der Waals surface area contributed by atoms with E-state index in [4.69, 9.17) is 16.7 Å². The second-order valence-electron chi connectivity index (χ2n) is 6.77. The van der Waals surface area contributed by atoms with Gasteiger partial charge in [0.2, 0.25) is 0 Å². The van der Waals surface area contributed by atoms with Crippen molar-refractivity contribution in [3.05, 3.63) is 40.4 Å². The number of benzene rings is 1. The van der Waals surface area contributed by atoms with Gasteiger partial charge in [-0.05, 0) is 30.7 Å². The van der Waals surface area contributed by atoms with Crippen LogP contribution in [0.4, 0.5) is 0 Å². The first-order valence-electron chi connectivity index (χ1n) is 8.23. The van der Waals surface area contributed by atoms with Crippen LogP contribution in [0.25, 0.3) is 10.6 Å². The number of halogens is 1. The van der Waals surface area contributed by atoms with Crippen LogP contribution >= 0.6 is 22.9 Å². The zero-order valence-electron chi connectivity index (χ0n) is 13.4. The van der Waals surface area contributed by atoms with E-state index in [2.05, 4.69) is 4.98 Å². The summed E-state index contributed by atoms with van der Waals surface area (Å²) in [7, 11) is 0. The summed E-state index contributed by atoms with van der Waals surface area (Å²) in [6, 6.07) is 7.44. The van der Waals surface area contributed by atoms with Crippen molar-refractivity contribution >= 4 is 34.8 Å². The first-order chi connectivity index (χ1) is 12.0. The summed E-state index contributed by atoms with van der Waals surface area (Å²) in [5, 5.41) is 12.3. The maximum atomic E-state index is 12.7. The van der Waals surface area contributed by atoms with Gasteiger partial charge in [0, 0.05) is 24.0 Å². The summed E-state index contributed by atoms with van der Waals surface area (Å²) < 4.78 is 0. The number of hydrogen-bond acceptors (Lipinski definition) is 4. The van der Waals surface area contributed by atoms with Crippen LogP contribution in [-0.2, 0) is 4.79 Å². The lowest BCUT2D eigenvalue weighted by Gasteiger charge is -2.32. The van der Waals surface area contributed by atoms with Crippen molar-refractivity contribution in [3.63, 3.8) is 0 Å². The molecule has 1 aromatic carbocycles. The molecule has 1 aliphatic heterocycles. The Hall–Kier alpha value is -1.92. The fraction of sp³-hybridized carbons (Fsp3) is 0.389. The van der Waals surface area contributed by atoms with Crippen molar-refractivity contribution in [2.75, 3.05) is 13.1 Å². The lowest BCUT2D eigenvalue weighted by molar-refractivity contribution is -0.139. The molecule has 1 aliphatic carbocycles. The van der Waals surface area contributed by atoms with Crippen LogP contribution in [0.2, 0.25) is 5.02 Å². The first-order valence-corrected chi connectivity index (χ1v) is 9.48. The van der Waals surface area contributed by atoms with E-state index in [9.17, 15) is 9.59 Å². The molecule has 7 heteroatoms. The molecule has 1 saturated carbocycles. The third kappa shape index (κ3) is 2.93. The molecular formula is C18H17ClN2O3S. The standard InChI is InChI=1S/C18H17ClN2O3S/c19-13-4-2-1-3-11(13)15-20-14(10-25-15)16(22)21-7-5-18(6-8-21)9-12(18)17(23)24/h1-4,10,12H,5-9H2,(H,23,24). The molecule has 1 spiro atoms. The number of aliphatic carboxylic acids is 1. The first kappa shape index (κ1) is 16.5. The number of carbonyl (C=O) groups is 2. The van der Waals surface area contributed by atoms with Gasteiger partial charge in [-0.1, -0.05) is 29.8 Å². The van der Waals surface area contributed by atoms with Crippen molar-refractivity contribution < 1.29 is 14.7 Å². The molecule has 2 aliphatic rings. The summed E-state index contributed by atoms with van der Waals surface area (Å²) in [5.41, 5.74) is 1.18. The molecule has 1 N–H and O–H groups in total. The molecule has 4 rings (SSSR count). The molecule has 5 nitrogen and oxygen atoms in total. The van der Waals surface area contributed by atoms with Crippen LogP contribution in [0.1, 0.15) is 29.8 Å². The normalized spacial score (nSPS) is 21.3. The van der Waals surface area contributed by atoms with Crippen molar-refractivity contribution in [1.29, 1.82) is 0 Å². The Morgan fingerprint density at radius 1 is 1.28 bits per heavy atom. The average Bonchev–Trinajstić information content (AvgIpc) is 3.09. The smallest absolute Gasteiger partial charge is 0.307 e. The molecule has 2 fully saturated rings. The molecule has 1 atom stereocenters. The average molecular weight is 377 g/mol. The zero-order chi connectivity index (χ0) is 17.6. The Morgan fingerprint density at radius 2 is 2.00 bits per heavy atom. The van der Waals surface area contributed by atoms with Crippen LogP contribution in [0.5, 0.6) is 0 Å². The molecular weight excluding hydrogens is 360 g/mol. The van der Waals surface area contributed by atoms with E-state index in [0.29, 0.717) is 23.8 Å². The molecule has 2 heterocycles. The van der Waals surface area contributed by atoms with Gasteiger partial charge in [0.25, 0.3) is 5.91 Å². The minimum absolute atomic E-state index is 0.0760. The number of rotatable bonds is 3. The zero-order valence-corrected chi connectivity index (χ0v) is 15.0. The second kappa shape index (κ2) is 6.11. The van der Waals surface area contributed by atoms with Crippen LogP contribution < -0.4 is 0 Å². The number of amides is 1. The maximum absolute atomic E-state index is 12.7. The monoisotopic (exact) mass is 376 g/mol. The molecule has 0 bridgehead atoms. The number of aromatic nitrogens is 1. The lowest BCUT2D eigenvalue weighted by atomic mass is 9.90. The van der Waals surface area contributed by atoms with E-state index < -0.39 is 5.97 Å². The van der Waals surface area contributed by atoms with E-state index in [1.165, 1.54) is 11.3 Å². The Labute approximate surface area is 154 Å². The molecule has 25 heavy (non-hydrogen) atoms. The quantitative estimate of drug-likeness (QED) is 0.884. The van der Waals surface area contributed by atoms with Gasteiger partial charge in [0.15, 0.2) is 0 Å². The summed E-state index contributed by atoms with van der Waals surface area (Å²) in [6.07, 6.45) is 2.27. The predicted octanol–water partition coefficient (Wildman–Crippen LogP) is 3.79. The van der Waals surface area contributed by atoms with Crippen LogP contribution in [-0.4, -0.2) is 40.0 Å². The van der Waals surface area contributed by atoms with Gasteiger partial charge < -0.3 is 10.0 Å². The maximum Gasteiger partial charge on any atom is 0.307 e. The Bertz CT molecular complexity index is 842. The summed E-state index contributed by atoms with van der Waals surface area (Å²) in [5.74, 6) is -1.02. The number of thiazole rings is 1. The van der Waals surface area contributed by atoms with Crippen molar-refractivity contribution in [2.24, 2.45) is 11.3 Å². The summed E-state index contributed by atoms with van der Waals surface area (Å²) >= 11 is 7.60. The Balaban J connectivity index is 1.45. The summed E-state index contributed by atoms with van der Waals surface area (Å²) in [6.45, 7) is 1.20. The predicted molar refractivity (Wildman–Crippen MR) is 95.9 cm³/mol. The van der Waals surface area contributed by atoms with Gasteiger partial charge in [-0.15, -0.1) is 11.3 Å². The number of carbonyl (C=O) groups excluding carboxylic acids is 1. The highest BCUT2D eigenvalue weighted by atomic mass is 35.5. The number of carboxylic acids is 1. The van der Waals surface area contributed by atoms with Gasteiger partial charge in [-0.25, -0.2) is 4.98 Å². The molecule has 1 aromatic heterocycles. The molecule has 1 amide bonds. The van der Waals surface area contributed by atoms with E-state index >= 15 is 0 Å². The van der Waals surface area contributed by atoms with Crippen LogP contribution in [0.3, 0.4) is 0 Å². The third-order valence-electron chi connectivity index (χ3n) is 5.36. The molecule has 0 radical (unpaired) electrons. The fourth-order valence-corrected chi connectivity index (χ4v) is 4.81. The molecule has 1 unspecified atom stereocenters. The van der Waals surface area contributed by atoms with E-state index in [1.54, 1.807) is 16.3 Å². The lowest BCUT2D eigenvalue weighted by Crippen LogP contribution is -2.40. The van der Waals surface area contributed by atoms with Crippen molar-refractivity contribution in [1.82, 2.24) is 9.88 Å². The second-order valence-corrected chi connectivity index (χ2v) is 8.03. The fourth-order valence-electron chi connectivity index (χ4n) is 3.70. The topological polar surface area (TPSA) is 70.5 Å². The third-order valence-corrected chi connectivity index (χ3v) is 6.57. The minimum Gasteiger partial charge on any atom is -0.481 e. The molecule has 130 valence electrons. The molecule has 2 aromatic rings. The van der Waals surface area contributed by atoms with E-state index in [-0.39, 0.29) is 17.2 Å². The number of nitrogens with zero attached hydrogens (tertiary/aromatic N) is 2. The van der Waals surface area contributed by atoms with E-state index in [1.807, 2.05) is 18.2 Å². The SMILES string of the molecule is O=C(O)C1CC12CCN(C(=O)c1csc(-c3ccccc3Cl)n1)CC2. The number of hydrogen-bond donors (Lipinski definition) is 1. The van der Waals surface area contributed by atoms with Gasteiger partial charge in [0.1, 0.15) is 10.7 Å². The van der Waals surface area contributed by atoms with Crippen LogP contribution in [0.15, 0.2) is 29.6 Å². The Kier molecular flexibility index (Phi) is 4.04. The number of carboxylic acid groups (broad SMARTS) is 1. The summed E-state index contributed by atoms with van der Waals surface area (Å²) in [4.78, 5) is 30.1. The van der Waals surface area contributed by atoms with Gasteiger partial charge in [0.05, 0.1) is 10.9 Å². The largest absolute Gasteiger partial charge is 0.481 e. The van der Waals surface area contributed by atoms with Crippen molar-refractivity contribution in [3.8, 4) is 10.6 Å². The highest BCUT2D eigenvalue weighted by Gasteiger charge is 2.59. The van der Waals surface area contributed by atoms with Crippen molar-refractivity contribution in [2.45, 2.75) is 19.3 Å². The van der Waals surface area contributed by atoms with Gasteiger partial charge in [-0.3, -0.25) is 9.59 Å². The van der Waals surface area contributed by atoms with Crippen LogP contribution in [0, 0.1) is 11.3 Å². The highest BCUT2D eigenvalue weighted by molar-refractivity contribution is 7.13.